The summed E-state index contributed by atoms with van der Waals surface area (Å²) < 4.78 is 0. The first-order valence-electron chi connectivity index (χ1n) is 7.04. The van der Waals surface area contributed by atoms with Crippen molar-refractivity contribution in [1.29, 1.82) is 0 Å². The van der Waals surface area contributed by atoms with Crippen molar-refractivity contribution in [3.63, 3.8) is 0 Å². The molecule has 0 radical (unpaired) electrons. The van der Waals surface area contributed by atoms with Gasteiger partial charge in [0.2, 0.25) is 0 Å². The second-order valence-electron chi connectivity index (χ2n) is 5.40. The van der Waals surface area contributed by atoms with Crippen LogP contribution in [0.4, 0.5) is 10.5 Å². The highest BCUT2D eigenvalue weighted by atomic mass is 35.5. The monoisotopic (exact) mass is 296 g/mol. The number of halogens is 1. The summed E-state index contributed by atoms with van der Waals surface area (Å²) in [5.41, 5.74) is 1.65. The number of aliphatic hydroxyl groups excluding tert-OH is 1. The summed E-state index contributed by atoms with van der Waals surface area (Å²) in [5.74, 6) is 0.163. The minimum absolute atomic E-state index is 0.0506. The van der Waals surface area contributed by atoms with Crippen LogP contribution in [-0.4, -0.2) is 23.8 Å². The zero-order chi connectivity index (χ0) is 14.5. The molecule has 2 amide bonds. The maximum absolute atomic E-state index is 12.0. The van der Waals surface area contributed by atoms with E-state index in [-0.39, 0.29) is 24.6 Å². The zero-order valence-electron chi connectivity index (χ0n) is 11.7. The van der Waals surface area contributed by atoms with Gasteiger partial charge in [-0.25, -0.2) is 4.79 Å². The molecule has 1 aromatic carbocycles. The van der Waals surface area contributed by atoms with Gasteiger partial charge in [-0.1, -0.05) is 30.5 Å². The molecule has 2 rings (SSSR count). The summed E-state index contributed by atoms with van der Waals surface area (Å²) in [6.45, 7) is 2.04. The summed E-state index contributed by atoms with van der Waals surface area (Å²) in [6, 6.07) is 5.24. The van der Waals surface area contributed by atoms with Gasteiger partial charge in [-0.3, -0.25) is 0 Å². The van der Waals surface area contributed by atoms with E-state index in [0.717, 1.165) is 31.2 Å². The van der Waals surface area contributed by atoms with Crippen molar-refractivity contribution in [2.24, 2.45) is 5.92 Å². The van der Waals surface area contributed by atoms with Gasteiger partial charge >= 0.3 is 6.03 Å². The topological polar surface area (TPSA) is 61.4 Å². The molecule has 1 aliphatic rings. The van der Waals surface area contributed by atoms with Crippen LogP contribution >= 0.6 is 11.6 Å². The van der Waals surface area contributed by atoms with Crippen LogP contribution in [0.25, 0.3) is 0 Å². The second-order valence-corrected chi connectivity index (χ2v) is 5.80. The van der Waals surface area contributed by atoms with Gasteiger partial charge < -0.3 is 15.7 Å². The average Bonchev–Trinajstić information content (AvgIpc) is 2.43. The van der Waals surface area contributed by atoms with E-state index >= 15 is 0 Å². The Morgan fingerprint density at radius 2 is 2.15 bits per heavy atom. The molecule has 1 fully saturated rings. The molecule has 1 aliphatic carbocycles. The van der Waals surface area contributed by atoms with Crippen LogP contribution in [0.15, 0.2) is 18.2 Å². The highest BCUT2D eigenvalue weighted by Gasteiger charge is 2.25. The van der Waals surface area contributed by atoms with Crippen LogP contribution in [0.3, 0.4) is 0 Å². The molecule has 1 aromatic rings. The van der Waals surface area contributed by atoms with Crippen molar-refractivity contribution in [2.45, 2.75) is 38.6 Å². The molecule has 4 nitrogen and oxygen atoms in total. The molecule has 110 valence electrons. The summed E-state index contributed by atoms with van der Waals surface area (Å²) in [7, 11) is 0. The standard InChI is InChI=1S/C15H21ClN2O2/c1-10-6-7-12(8-13(10)16)17-15(20)18-14-5-3-2-4-11(14)9-19/h6-8,11,14,19H,2-5,9H2,1H3,(H2,17,18,20). The predicted molar refractivity (Wildman–Crippen MR) is 81.2 cm³/mol. The number of carbonyl (C=O) groups is 1. The Morgan fingerprint density at radius 1 is 1.40 bits per heavy atom. The molecule has 3 N–H and O–H groups in total. The first kappa shape index (κ1) is 15.1. The molecule has 1 saturated carbocycles. The molecular weight excluding hydrogens is 276 g/mol. The van der Waals surface area contributed by atoms with Crippen molar-refractivity contribution in [2.75, 3.05) is 11.9 Å². The number of aryl methyl sites for hydroxylation is 1. The SMILES string of the molecule is Cc1ccc(NC(=O)NC2CCCCC2CO)cc1Cl. The van der Waals surface area contributed by atoms with Crippen LogP contribution in [0.2, 0.25) is 5.02 Å². The number of urea groups is 1. The third kappa shape index (κ3) is 3.87. The van der Waals surface area contributed by atoms with Crippen LogP contribution < -0.4 is 10.6 Å². The number of carbonyl (C=O) groups excluding carboxylic acids is 1. The smallest absolute Gasteiger partial charge is 0.319 e. The van der Waals surface area contributed by atoms with Crippen molar-refractivity contribution >= 4 is 23.3 Å². The van der Waals surface area contributed by atoms with Crippen molar-refractivity contribution < 1.29 is 9.90 Å². The first-order chi connectivity index (χ1) is 9.60. The van der Waals surface area contributed by atoms with Gasteiger partial charge in [0.15, 0.2) is 0 Å². The number of benzene rings is 1. The van der Waals surface area contributed by atoms with E-state index < -0.39 is 0 Å². The maximum atomic E-state index is 12.0. The number of rotatable bonds is 3. The van der Waals surface area contributed by atoms with Gasteiger partial charge in [0, 0.05) is 29.3 Å². The third-order valence-electron chi connectivity index (χ3n) is 3.89. The fourth-order valence-corrected chi connectivity index (χ4v) is 2.80. The van der Waals surface area contributed by atoms with Gasteiger partial charge in [-0.05, 0) is 37.5 Å². The molecular formula is C15H21ClN2O2. The normalized spacial score (nSPS) is 22.4. The molecule has 0 aliphatic heterocycles. The van der Waals surface area contributed by atoms with E-state index in [0.29, 0.717) is 10.7 Å². The number of amides is 2. The molecule has 0 spiro atoms. The van der Waals surface area contributed by atoms with Crippen molar-refractivity contribution in [3.8, 4) is 0 Å². The Hall–Kier alpha value is -1.26. The van der Waals surface area contributed by atoms with Gasteiger partial charge in [0.25, 0.3) is 0 Å². The molecule has 0 aromatic heterocycles. The minimum Gasteiger partial charge on any atom is -0.396 e. The van der Waals surface area contributed by atoms with Crippen LogP contribution in [0.5, 0.6) is 0 Å². The average molecular weight is 297 g/mol. The number of aliphatic hydroxyl groups is 1. The number of hydrogen-bond acceptors (Lipinski definition) is 2. The lowest BCUT2D eigenvalue weighted by Crippen LogP contribution is -2.45. The lowest BCUT2D eigenvalue weighted by Gasteiger charge is -2.30. The van der Waals surface area contributed by atoms with Gasteiger partial charge in [0.1, 0.15) is 0 Å². The van der Waals surface area contributed by atoms with Gasteiger partial charge in [0.05, 0.1) is 0 Å². The Morgan fingerprint density at radius 3 is 2.85 bits per heavy atom. The third-order valence-corrected chi connectivity index (χ3v) is 4.30. The van der Waals surface area contributed by atoms with E-state index in [2.05, 4.69) is 10.6 Å². The highest BCUT2D eigenvalue weighted by Crippen LogP contribution is 2.24. The van der Waals surface area contributed by atoms with Gasteiger partial charge in [-0.15, -0.1) is 0 Å². The van der Waals surface area contributed by atoms with E-state index in [9.17, 15) is 9.90 Å². The molecule has 20 heavy (non-hydrogen) atoms. The predicted octanol–water partition coefficient (Wildman–Crippen LogP) is 3.32. The Kier molecular flexibility index (Phi) is 5.26. The fraction of sp³-hybridized carbons (Fsp3) is 0.533. The zero-order valence-corrected chi connectivity index (χ0v) is 12.4. The minimum atomic E-state index is -0.240. The van der Waals surface area contributed by atoms with Crippen molar-refractivity contribution in [3.05, 3.63) is 28.8 Å². The number of nitrogens with one attached hydrogen (secondary N) is 2. The number of anilines is 1. The maximum Gasteiger partial charge on any atom is 0.319 e. The Labute approximate surface area is 124 Å². The van der Waals surface area contributed by atoms with E-state index in [1.54, 1.807) is 6.07 Å². The summed E-state index contributed by atoms with van der Waals surface area (Å²) in [5, 5.41) is 15.7. The molecule has 0 heterocycles. The lowest BCUT2D eigenvalue weighted by molar-refractivity contribution is 0.156. The van der Waals surface area contributed by atoms with E-state index in [1.807, 2.05) is 19.1 Å². The van der Waals surface area contributed by atoms with E-state index in [4.69, 9.17) is 11.6 Å². The summed E-state index contributed by atoms with van der Waals surface area (Å²) >= 11 is 6.03. The van der Waals surface area contributed by atoms with Crippen LogP contribution in [0, 0.1) is 12.8 Å². The van der Waals surface area contributed by atoms with Crippen LogP contribution in [-0.2, 0) is 0 Å². The summed E-state index contributed by atoms with van der Waals surface area (Å²) in [4.78, 5) is 12.0. The highest BCUT2D eigenvalue weighted by molar-refractivity contribution is 6.31. The fourth-order valence-electron chi connectivity index (χ4n) is 2.62. The lowest BCUT2D eigenvalue weighted by atomic mass is 9.85. The second kappa shape index (κ2) is 6.95. The van der Waals surface area contributed by atoms with Gasteiger partial charge in [-0.2, -0.15) is 0 Å². The summed E-state index contributed by atoms with van der Waals surface area (Å²) in [6.07, 6.45) is 4.11. The molecule has 5 heteroatoms. The Balaban J connectivity index is 1.92. The molecule has 2 unspecified atom stereocenters. The van der Waals surface area contributed by atoms with E-state index in [1.165, 1.54) is 0 Å². The first-order valence-corrected chi connectivity index (χ1v) is 7.42. The van der Waals surface area contributed by atoms with Crippen molar-refractivity contribution in [1.82, 2.24) is 5.32 Å². The van der Waals surface area contributed by atoms with Crippen LogP contribution in [0.1, 0.15) is 31.2 Å². The molecule has 0 saturated heterocycles. The largest absolute Gasteiger partial charge is 0.396 e. The Bertz CT molecular complexity index is 479. The number of hydrogen-bond donors (Lipinski definition) is 3. The molecule has 0 bridgehead atoms. The quantitative estimate of drug-likeness (QED) is 0.801. The molecule has 2 atom stereocenters.